The normalized spacial score (nSPS) is 12.4. The summed E-state index contributed by atoms with van der Waals surface area (Å²) in [5, 5.41) is 11.1. The van der Waals surface area contributed by atoms with Crippen molar-refractivity contribution in [1.82, 2.24) is 0 Å². The lowest BCUT2D eigenvalue weighted by atomic mass is 10.0. The van der Waals surface area contributed by atoms with Crippen molar-refractivity contribution in [3.63, 3.8) is 0 Å². The monoisotopic (exact) mass is 332 g/mol. The third-order valence-corrected chi connectivity index (χ3v) is 3.94. The number of aliphatic hydroxyl groups excluding tert-OH is 1. The van der Waals surface area contributed by atoms with E-state index in [-0.39, 0.29) is 5.02 Å². The molecule has 2 aromatic carbocycles. The number of rotatable bonds is 4. The maximum Gasteiger partial charge on any atom is 0.141 e. The zero-order chi connectivity index (χ0) is 14.7. The maximum absolute atomic E-state index is 13.0. The van der Waals surface area contributed by atoms with E-state index in [1.54, 1.807) is 18.2 Å². The van der Waals surface area contributed by atoms with Crippen LogP contribution in [0.4, 0.5) is 4.39 Å². The van der Waals surface area contributed by atoms with Gasteiger partial charge < -0.3 is 5.11 Å². The molecule has 1 N–H and O–H groups in total. The van der Waals surface area contributed by atoms with Crippen molar-refractivity contribution in [3.05, 3.63) is 68.4 Å². The van der Waals surface area contributed by atoms with Gasteiger partial charge in [-0.3, -0.25) is 0 Å². The highest BCUT2D eigenvalue weighted by atomic mass is 35.5. The Balaban J connectivity index is 2.02. The molecule has 0 radical (unpaired) electrons. The highest BCUT2D eigenvalue weighted by Gasteiger charge is 2.10. The molecule has 0 aliphatic rings. The van der Waals surface area contributed by atoms with Gasteiger partial charge in [0.2, 0.25) is 0 Å². The van der Waals surface area contributed by atoms with Gasteiger partial charge in [-0.05, 0) is 48.2 Å². The molecule has 0 bridgehead atoms. The van der Waals surface area contributed by atoms with Crippen molar-refractivity contribution >= 4 is 34.8 Å². The maximum atomic E-state index is 13.0. The molecule has 0 aliphatic heterocycles. The Bertz CT molecular complexity index is 563. The largest absolute Gasteiger partial charge is 0.392 e. The van der Waals surface area contributed by atoms with Gasteiger partial charge >= 0.3 is 0 Å². The van der Waals surface area contributed by atoms with Gasteiger partial charge in [-0.1, -0.05) is 46.9 Å². The van der Waals surface area contributed by atoms with Crippen LogP contribution in [-0.2, 0) is 12.8 Å². The van der Waals surface area contributed by atoms with Crippen molar-refractivity contribution < 1.29 is 9.50 Å². The molecule has 1 atom stereocenters. The average molecular weight is 334 g/mol. The predicted octanol–water partition coefficient (Wildman–Crippen LogP) is 4.93. The molecule has 2 aromatic rings. The van der Waals surface area contributed by atoms with Crippen molar-refractivity contribution in [2.45, 2.75) is 18.9 Å². The Labute approximate surface area is 131 Å². The van der Waals surface area contributed by atoms with E-state index in [0.29, 0.717) is 22.9 Å². The SMILES string of the molecule is OC(Cc1ccc(F)c(Cl)c1)Cc1ccc(Cl)c(Cl)c1. The van der Waals surface area contributed by atoms with Crippen LogP contribution in [0.1, 0.15) is 11.1 Å². The Hall–Kier alpha value is -0.800. The second-order valence-electron chi connectivity index (χ2n) is 4.56. The zero-order valence-electron chi connectivity index (χ0n) is 10.4. The van der Waals surface area contributed by atoms with Crippen LogP contribution in [-0.4, -0.2) is 11.2 Å². The highest BCUT2D eigenvalue weighted by molar-refractivity contribution is 6.42. The molecular formula is C15H12Cl3FO. The first kappa shape index (κ1) is 15.6. The quantitative estimate of drug-likeness (QED) is 0.841. The molecular weight excluding hydrogens is 322 g/mol. The summed E-state index contributed by atoms with van der Waals surface area (Å²) in [6.07, 6.45) is 0.223. The van der Waals surface area contributed by atoms with E-state index in [2.05, 4.69) is 0 Å². The topological polar surface area (TPSA) is 20.2 Å². The van der Waals surface area contributed by atoms with E-state index in [0.717, 1.165) is 11.1 Å². The van der Waals surface area contributed by atoms with Crippen molar-refractivity contribution in [3.8, 4) is 0 Å². The average Bonchev–Trinajstić information content (AvgIpc) is 2.38. The summed E-state index contributed by atoms with van der Waals surface area (Å²) in [7, 11) is 0. The van der Waals surface area contributed by atoms with E-state index in [4.69, 9.17) is 34.8 Å². The molecule has 0 heterocycles. The fraction of sp³-hybridized carbons (Fsp3) is 0.200. The first-order chi connectivity index (χ1) is 9.45. The molecule has 1 nitrogen and oxygen atoms in total. The Morgan fingerprint density at radius 2 is 1.40 bits per heavy atom. The third-order valence-electron chi connectivity index (χ3n) is 2.91. The van der Waals surface area contributed by atoms with Crippen LogP contribution in [0.25, 0.3) is 0 Å². The Kier molecular flexibility index (Phi) is 5.28. The van der Waals surface area contributed by atoms with Gasteiger partial charge in [0.05, 0.1) is 21.2 Å². The molecule has 0 aliphatic carbocycles. The van der Waals surface area contributed by atoms with E-state index in [9.17, 15) is 9.50 Å². The molecule has 0 aromatic heterocycles. The van der Waals surface area contributed by atoms with E-state index in [1.165, 1.54) is 12.1 Å². The minimum atomic E-state index is -0.603. The van der Waals surface area contributed by atoms with Crippen LogP contribution in [0.5, 0.6) is 0 Å². The molecule has 20 heavy (non-hydrogen) atoms. The lowest BCUT2D eigenvalue weighted by Crippen LogP contribution is -2.14. The third kappa shape index (κ3) is 4.10. The number of halogens is 4. The molecule has 106 valence electrons. The second-order valence-corrected chi connectivity index (χ2v) is 5.78. The van der Waals surface area contributed by atoms with Crippen molar-refractivity contribution in [2.75, 3.05) is 0 Å². The molecule has 5 heteroatoms. The number of aliphatic hydroxyl groups is 1. The highest BCUT2D eigenvalue weighted by Crippen LogP contribution is 2.24. The summed E-state index contributed by atoms with van der Waals surface area (Å²) in [5.41, 5.74) is 1.67. The van der Waals surface area contributed by atoms with Crippen molar-refractivity contribution in [1.29, 1.82) is 0 Å². The van der Waals surface area contributed by atoms with Gasteiger partial charge in [0.15, 0.2) is 0 Å². The fourth-order valence-corrected chi connectivity index (χ4v) is 2.47. The first-order valence-electron chi connectivity index (χ1n) is 6.01. The first-order valence-corrected chi connectivity index (χ1v) is 7.15. The van der Waals surface area contributed by atoms with Crippen LogP contribution in [0.2, 0.25) is 15.1 Å². The van der Waals surface area contributed by atoms with E-state index < -0.39 is 11.9 Å². The van der Waals surface area contributed by atoms with Crippen LogP contribution in [0.15, 0.2) is 36.4 Å². The van der Waals surface area contributed by atoms with Gasteiger partial charge in [0, 0.05) is 0 Å². The molecule has 0 saturated heterocycles. The predicted molar refractivity (Wildman–Crippen MR) is 81.3 cm³/mol. The summed E-state index contributed by atoms with van der Waals surface area (Å²) in [6, 6.07) is 9.66. The Morgan fingerprint density at radius 1 is 0.850 bits per heavy atom. The van der Waals surface area contributed by atoms with Gasteiger partial charge in [0.1, 0.15) is 5.82 Å². The van der Waals surface area contributed by atoms with E-state index >= 15 is 0 Å². The number of hydrogen-bond donors (Lipinski definition) is 1. The smallest absolute Gasteiger partial charge is 0.141 e. The summed E-state index contributed by atoms with van der Waals surface area (Å²) in [6.45, 7) is 0. The lowest BCUT2D eigenvalue weighted by Gasteiger charge is -2.12. The molecule has 0 spiro atoms. The zero-order valence-corrected chi connectivity index (χ0v) is 12.7. The molecule has 0 fully saturated rings. The van der Waals surface area contributed by atoms with Gasteiger partial charge in [-0.25, -0.2) is 4.39 Å². The van der Waals surface area contributed by atoms with Gasteiger partial charge in [-0.15, -0.1) is 0 Å². The molecule has 0 saturated carbocycles. The second kappa shape index (κ2) is 6.77. The van der Waals surface area contributed by atoms with Crippen LogP contribution < -0.4 is 0 Å². The van der Waals surface area contributed by atoms with Crippen LogP contribution in [0, 0.1) is 5.82 Å². The van der Waals surface area contributed by atoms with Gasteiger partial charge in [-0.2, -0.15) is 0 Å². The molecule has 0 amide bonds. The Morgan fingerprint density at radius 3 is 1.95 bits per heavy atom. The van der Waals surface area contributed by atoms with E-state index in [1.807, 2.05) is 6.07 Å². The standard InChI is InChI=1S/C15H12Cl3FO/c16-12-3-1-9(7-13(12)17)5-11(20)6-10-2-4-15(19)14(18)8-10/h1-4,7-8,11,20H,5-6H2. The molecule has 2 rings (SSSR count). The minimum absolute atomic E-state index is 0.0595. The lowest BCUT2D eigenvalue weighted by molar-refractivity contribution is 0.175. The molecule has 1 unspecified atom stereocenters. The summed E-state index contributed by atoms with van der Waals surface area (Å²) < 4.78 is 13.0. The van der Waals surface area contributed by atoms with Crippen LogP contribution in [0.3, 0.4) is 0 Å². The number of hydrogen-bond acceptors (Lipinski definition) is 1. The van der Waals surface area contributed by atoms with Gasteiger partial charge in [0.25, 0.3) is 0 Å². The summed E-state index contributed by atoms with van der Waals surface area (Å²) in [5.74, 6) is -0.464. The minimum Gasteiger partial charge on any atom is -0.392 e. The summed E-state index contributed by atoms with van der Waals surface area (Å²) >= 11 is 17.5. The van der Waals surface area contributed by atoms with Crippen LogP contribution >= 0.6 is 34.8 Å². The number of benzene rings is 2. The van der Waals surface area contributed by atoms with Crippen molar-refractivity contribution in [2.24, 2.45) is 0 Å². The summed E-state index contributed by atoms with van der Waals surface area (Å²) in [4.78, 5) is 0. The fourth-order valence-electron chi connectivity index (χ4n) is 1.95.